The Bertz CT molecular complexity index is 860. The fraction of sp³-hybridized carbons (Fsp3) is 0.450. The first-order chi connectivity index (χ1) is 14.1. The number of hydrogen-bond donors (Lipinski definition) is 0. The van der Waals surface area contributed by atoms with Gasteiger partial charge in [0.05, 0.1) is 52.9 Å². The highest BCUT2D eigenvalue weighted by atomic mass is 16.5. The number of aromatic nitrogens is 2. The topological polar surface area (TPSA) is 92.2 Å². The van der Waals surface area contributed by atoms with E-state index in [1.54, 1.807) is 17.0 Å². The van der Waals surface area contributed by atoms with Crippen molar-refractivity contribution in [2.75, 3.05) is 41.5 Å². The summed E-state index contributed by atoms with van der Waals surface area (Å²) in [6.07, 6.45) is 4.46. The lowest BCUT2D eigenvalue weighted by Gasteiger charge is -2.33. The van der Waals surface area contributed by atoms with E-state index in [-0.39, 0.29) is 12.0 Å². The summed E-state index contributed by atoms with van der Waals surface area (Å²) < 4.78 is 27.1. The third kappa shape index (κ3) is 4.44. The number of carbonyl (C=O) groups excluding carboxylic acids is 1. The molecule has 0 saturated carbocycles. The van der Waals surface area contributed by atoms with Crippen molar-refractivity contribution >= 4 is 5.91 Å². The SMILES string of the molecule is COc1cncc(OC2CCCN(C(=O)c3ccc(OC)c(OC)c3OC)C2)n1. The Morgan fingerprint density at radius 1 is 1.00 bits per heavy atom. The van der Waals surface area contributed by atoms with Crippen LogP contribution in [0.2, 0.25) is 0 Å². The minimum absolute atomic E-state index is 0.159. The van der Waals surface area contributed by atoms with Crippen molar-refractivity contribution in [3.63, 3.8) is 0 Å². The van der Waals surface area contributed by atoms with Gasteiger partial charge in [-0.2, -0.15) is 4.98 Å². The summed E-state index contributed by atoms with van der Waals surface area (Å²) in [4.78, 5) is 23.2. The van der Waals surface area contributed by atoms with Gasteiger partial charge < -0.3 is 28.6 Å². The molecule has 0 radical (unpaired) electrons. The van der Waals surface area contributed by atoms with Crippen LogP contribution in [-0.4, -0.2) is 68.4 Å². The molecule has 1 aliphatic heterocycles. The van der Waals surface area contributed by atoms with Gasteiger partial charge in [-0.05, 0) is 25.0 Å². The second-order valence-electron chi connectivity index (χ2n) is 6.41. The maximum Gasteiger partial charge on any atom is 0.257 e. The third-order valence-corrected chi connectivity index (χ3v) is 4.69. The second-order valence-corrected chi connectivity index (χ2v) is 6.41. The van der Waals surface area contributed by atoms with Crippen LogP contribution in [0.3, 0.4) is 0 Å². The Labute approximate surface area is 169 Å². The number of methoxy groups -OCH3 is 4. The number of nitrogens with zero attached hydrogens (tertiary/aromatic N) is 3. The molecule has 1 aliphatic rings. The van der Waals surface area contributed by atoms with Crippen LogP contribution in [0.15, 0.2) is 24.5 Å². The number of likely N-dealkylation sites (tertiary alicyclic amines) is 1. The summed E-state index contributed by atoms with van der Waals surface area (Å²) >= 11 is 0. The first-order valence-electron chi connectivity index (χ1n) is 9.22. The molecule has 2 aromatic rings. The fourth-order valence-corrected chi connectivity index (χ4v) is 3.32. The molecule has 2 heterocycles. The van der Waals surface area contributed by atoms with Crippen LogP contribution in [-0.2, 0) is 0 Å². The molecule has 1 amide bonds. The number of ether oxygens (including phenoxy) is 5. The highest BCUT2D eigenvalue weighted by Gasteiger charge is 2.29. The van der Waals surface area contributed by atoms with Crippen LogP contribution in [0, 0.1) is 0 Å². The number of carbonyl (C=O) groups is 1. The number of piperidine rings is 1. The quantitative estimate of drug-likeness (QED) is 0.695. The zero-order chi connectivity index (χ0) is 20.8. The van der Waals surface area contributed by atoms with E-state index in [1.165, 1.54) is 40.8 Å². The van der Waals surface area contributed by atoms with E-state index in [0.717, 1.165) is 12.8 Å². The summed E-state index contributed by atoms with van der Waals surface area (Å²) in [7, 11) is 6.06. The van der Waals surface area contributed by atoms with Gasteiger partial charge >= 0.3 is 0 Å². The molecule has 9 nitrogen and oxygen atoms in total. The molecule has 1 aromatic carbocycles. The maximum absolute atomic E-state index is 13.2. The molecule has 1 aromatic heterocycles. The first kappa shape index (κ1) is 20.5. The molecule has 9 heteroatoms. The summed E-state index contributed by atoms with van der Waals surface area (Å²) in [5.41, 5.74) is 0.409. The zero-order valence-corrected chi connectivity index (χ0v) is 17.0. The van der Waals surface area contributed by atoms with Gasteiger partial charge in [-0.25, -0.2) is 0 Å². The Morgan fingerprint density at radius 2 is 1.76 bits per heavy atom. The molecule has 1 fully saturated rings. The summed E-state index contributed by atoms with van der Waals surface area (Å²) in [6.45, 7) is 1.05. The number of amides is 1. The Hall–Kier alpha value is -3.23. The third-order valence-electron chi connectivity index (χ3n) is 4.69. The standard InChI is InChI=1S/C20H25N3O6/c1-25-15-8-7-14(18(27-3)19(15)28-4)20(24)23-9-5-6-13(12-23)29-17-11-21-10-16(22-17)26-2/h7-8,10-11,13H,5-6,9,12H2,1-4H3. The molecule has 1 saturated heterocycles. The smallest absolute Gasteiger partial charge is 0.257 e. The predicted molar refractivity (Wildman–Crippen MR) is 104 cm³/mol. The molecule has 0 spiro atoms. The molecule has 0 N–H and O–H groups in total. The lowest BCUT2D eigenvalue weighted by atomic mass is 10.1. The highest BCUT2D eigenvalue weighted by molar-refractivity contribution is 5.98. The summed E-state index contributed by atoms with van der Waals surface area (Å²) in [5, 5.41) is 0. The van der Waals surface area contributed by atoms with Gasteiger partial charge in [0.25, 0.3) is 5.91 Å². The van der Waals surface area contributed by atoms with Crippen molar-refractivity contribution in [2.45, 2.75) is 18.9 Å². The second kappa shape index (κ2) is 9.31. The Morgan fingerprint density at radius 3 is 2.45 bits per heavy atom. The monoisotopic (exact) mass is 403 g/mol. The average Bonchev–Trinajstić information content (AvgIpc) is 2.77. The number of rotatable bonds is 7. The van der Waals surface area contributed by atoms with Crippen LogP contribution in [0.4, 0.5) is 0 Å². The van der Waals surface area contributed by atoms with Gasteiger partial charge in [0, 0.05) is 6.54 Å². The molecule has 0 aliphatic carbocycles. The molecule has 29 heavy (non-hydrogen) atoms. The Balaban J connectivity index is 1.77. The van der Waals surface area contributed by atoms with Gasteiger partial charge in [-0.3, -0.25) is 9.78 Å². The largest absolute Gasteiger partial charge is 0.493 e. The molecule has 156 valence electrons. The van der Waals surface area contributed by atoms with Crippen molar-refractivity contribution in [1.29, 1.82) is 0 Å². The maximum atomic E-state index is 13.2. The van der Waals surface area contributed by atoms with E-state index in [2.05, 4.69) is 9.97 Å². The lowest BCUT2D eigenvalue weighted by molar-refractivity contribution is 0.0522. The van der Waals surface area contributed by atoms with E-state index >= 15 is 0 Å². The average molecular weight is 403 g/mol. The van der Waals surface area contributed by atoms with E-state index in [4.69, 9.17) is 23.7 Å². The predicted octanol–water partition coefficient (Wildman–Crippen LogP) is 2.19. The minimum Gasteiger partial charge on any atom is -0.493 e. The van der Waals surface area contributed by atoms with Crippen LogP contribution in [0.5, 0.6) is 29.0 Å². The molecule has 3 rings (SSSR count). The van der Waals surface area contributed by atoms with Gasteiger partial charge in [0.2, 0.25) is 17.5 Å². The van der Waals surface area contributed by atoms with Crippen LogP contribution < -0.4 is 23.7 Å². The van der Waals surface area contributed by atoms with Crippen molar-refractivity contribution in [2.24, 2.45) is 0 Å². The van der Waals surface area contributed by atoms with E-state index < -0.39 is 0 Å². The molecular weight excluding hydrogens is 378 g/mol. The van der Waals surface area contributed by atoms with Crippen LogP contribution in [0.1, 0.15) is 23.2 Å². The van der Waals surface area contributed by atoms with Gasteiger partial charge in [-0.1, -0.05) is 0 Å². The van der Waals surface area contributed by atoms with E-state index in [9.17, 15) is 4.79 Å². The lowest BCUT2D eigenvalue weighted by Crippen LogP contribution is -2.44. The summed E-state index contributed by atoms with van der Waals surface area (Å²) in [5.74, 6) is 1.81. The molecule has 1 unspecified atom stereocenters. The molecule has 1 atom stereocenters. The first-order valence-corrected chi connectivity index (χ1v) is 9.22. The molecular formula is C20H25N3O6. The van der Waals surface area contributed by atoms with Crippen molar-refractivity contribution < 1.29 is 28.5 Å². The van der Waals surface area contributed by atoms with Crippen molar-refractivity contribution in [1.82, 2.24) is 14.9 Å². The van der Waals surface area contributed by atoms with Gasteiger partial charge in [0.15, 0.2) is 11.5 Å². The van der Waals surface area contributed by atoms with E-state index in [0.29, 0.717) is 47.7 Å². The van der Waals surface area contributed by atoms with Crippen LogP contribution >= 0.6 is 0 Å². The number of benzene rings is 1. The highest BCUT2D eigenvalue weighted by Crippen LogP contribution is 2.40. The Kier molecular flexibility index (Phi) is 6.58. The summed E-state index contributed by atoms with van der Waals surface area (Å²) in [6, 6.07) is 3.37. The van der Waals surface area contributed by atoms with Crippen LogP contribution in [0.25, 0.3) is 0 Å². The molecule has 0 bridgehead atoms. The van der Waals surface area contributed by atoms with Crippen molar-refractivity contribution in [3.05, 3.63) is 30.1 Å². The van der Waals surface area contributed by atoms with Crippen molar-refractivity contribution in [3.8, 4) is 29.0 Å². The normalized spacial score (nSPS) is 16.1. The van der Waals surface area contributed by atoms with Gasteiger partial charge in [-0.15, -0.1) is 0 Å². The zero-order valence-electron chi connectivity index (χ0n) is 17.0. The van der Waals surface area contributed by atoms with Gasteiger partial charge in [0.1, 0.15) is 6.10 Å². The van der Waals surface area contributed by atoms with E-state index in [1.807, 2.05) is 0 Å². The fourth-order valence-electron chi connectivity index (χ4n) is 3.32. The minimum atomic E-state index is -0.194. The number of hydrogen-bond acceptors (Lipinski definition) is 8.